The summed E-state index contributed by atoms with van der Waals surface area (Å²) in [7, 11) is -1.32. The number of aromatic nitrogens is 2. The maximum atomic E-state index is 11.6. The Morgan fingerprint density at radius 2 is 2.35 bits per heavy atom. The predicted octanol–water partition coefficient (Wildman–Crippen LogP) is 0.717. The molecule has 2 aromatic rings. The van der Waals surface area contributed by atoms with Gasteiger partial charge in [-0.1, -0.05) is 0 Å². The number of rotatable bonds is 3. The Kier molecular flexibility index (Phi) is 2.98. The van der Waals surface area contributed by atoms with Crippen molar-refractivity contribution in [3.63, 3.8) is 0 Å². The molecule has 1 saturated heterocycles. The molecule has 108 valence electrons. The predicted molar refractivity (Wildman–Crippen MR) is 75.5 cm³/mol. The number of hydrogen-bond donors (Lipinski definition) is 1. The average molecular weight is 315 g/mol. The molecule has 3 rings (SSSR count). The summed E-state index contributed by atoms with van der Waals surface area (Å²) in [6, 6.07) is -0.220. The van der Waals surface area contributed by atoms with Crippen LogP contribution in [0.15, 0.2) is 11.6 Å². The first-order valence-electron chi connectivity index (χ1n) is 6.01. The Morgan fingerprint density at radius 3 is 2.95 bits per heavy atom. The Hall–Kier alpha value is -1.61. The molecule has 1 fully saturated rings. The zero-order valence-electron chi connectivity index (χ0n) is 10.7. The van der Waals surface area contributed by atoms with Gasteiger partial charge in [0.25, 0.3) is 0 Å². The monoisotopic (exact) mass is 315 g/mol. The van der Waals surface area contributed by atoms with Crippen LogP contribution >= 0.6 is 11.3 Å². The quantitative estimate of drug-likeness (QED) is 0.897. The van der Waals surface area contributed by atoms with Gasteiger partial charge in [-0.2, -0.15) is 0 Å². The minimum Gasteiger partial charge on any atom is -0.476 e. The van der Waals surface area contributed by atoms with Crippen molar-refractivity contribution >= 4 is 37.9 Å². The van der Waals surface area contributed by atoms with E-state index in [0.29, 0.717) is 17.2 Å². The smallest absolute Gasteiger partial charge is 0.356 e. The topological polar surface area (TPSA) is 92.0 Å². The molecule has 1 aliphatic rings. The van der Waals surface area contributed by atoms with Crippen LogP contribution in [0.3, 0.4) is 0 Å². The van der Waals surface area contributed by atoms with Crippen LogP contribution in [0.1, 0.15) is 16.9 Å². The van der Waals surface area contributed by atoms with Crippen molar-refractivity contribution in [1.82, 2.24) is 9.38 Å². The van der Waals surface area contributed by atoms with E-state index in [2.05, 4.69) is 4.98 Å². The second kappa shape index (κ2) is 4.45. The maximum Gasteiger partial charge on any atom is 0.356 e. The number of hydrogen-bond acceptors (Lipinski definition) is 6. The summed E-state index contributed by atoms with van der Waals surface area (Å²) >= 11 is 1.34. The van der Waals surface area contributed by atoms with E-state index in [-0.39, 0.29) is 23.2 Å². The molecule has 1 unspecified atom stereocenters. The van der Waals surface area contributed by atoms with Gasteiger partial charge in [-0.15, -0.1) is 11.3 Å². The molecule has 2 aromatic heterocycles. The number of sulfone groups is 1. The SMILES string of the molecule is CN(c1nc2sccn2c1C(=O)O)C1CCS(=O)(=O)C1. The summed E-state index contributed by atoms with van der Waals surface area (Å²) in [6.07, 6.45) is 2.16. The van der Waals surface area contributed by atoms with Gasteiger partial charge in [0, 0.05) is 24.7 Å². The Bertz CT molecular complexity index is 777. The van der Waals surface area contributed by atoms with Crippen LogP contribution < -0.4 is 4.90 Å². The number of fused-ring (bicyclic) bond motifs is 1. The lowest BCUT2D eigenvalue weighted by Gasteiger charge is -2.23. The first-order chi connectivity index (χ1) is 9.39. The van der Waals surface area contributed by atoms with Gasteiger partial charge in [-0.3, -0.25) is 4.40 Å². The highest BCUT2D eigenvalue weighted by atomic mass is 32.2. The number of carbonyl (C=O) groups is 1. The lowest BCUT2D eigenvalue weighted by molar-refractivity contribution is 0.0690. The average Bonchev–Trinajstić information content (AvgIpc) is 2.99. The van der Waals surface area contributed by atoms with Gasteiger partial charge >= 0.3 is 5.97 Å². The van der Waals surface area contributed by atoms with E-state index in [1.807, 2.05) is 0 Å². The van der Waals surface area contributed by atoms with E-state index in [0.717, 1.165) is 0 Å². The van der Waals surface area contributed by atoms with E-state index in [9.17, 15) is 18.3 Å². The number of carboxylic acid groups (broad SMARTS) is 1. The van der Waals surface area contributed by atoms with Crippen LogP contribution in [-0.4, -0.2) is 53.5 Å². The van der Waals surface area contributed by atoms with Crippen LogP contribution in [0.2, 0.25) is 0 Å². The largest absolute Gasteiger partial charge is 0.476 e. The zero-order valence-corrected chi connectivity index (χ0v) is 12.3. The molecular weight excluding hydrogens is 302 g/mol. The van der Waals surface area contributed by atoms with Crippen LogP contribution in [0.5, 0.6) is 0 Å². The third-order valence-electron chi connectivity index (χ3n) is 3.54. The van der Waals surface area contributed by atoms with Crippen molar-refractivity contribution in [3.05, 3.63) is 17.3 Å². The lowest BCUT2D eigenvalue weighted by atomic mass is 10.2. The van der Waals surface area contributed by atoms with Crippen molar-refractivity contribution in [1.29, 1.82) is 0 Å². The standard InChI is InChI=1S/C11H13N3O4S2/c1-13(7-2-5-20(17,18)6-7)9-8(10(15)16)14-3-4-19-11(14)12-9/h3-4,7H,2,5-6H2,1H3,(H,15,16). The van der Waals surface area contributed by atoms with Crippen LogP contribution in [0.4, 0.5) is 5.82 Å². The fraction of sp³-hybridized carbons (Fsp3) is 0.455. The normalized spacial score (nSPS) is 21.4. The molecule has 1 atom stereocenters. The second-order valence-corrected chi connectivity index (χ2v) is 7.91. The molecule has 1 aliphatic heterocycles. The first kappa shape index (κ1) is 13.4. The molecule has 9 heteroatoms. The minimum absolute atomic E-state index is 0.0493. The maximum absolute atomic E-state index is 11.6. The highest BCUT2D eigenvalue weighted by Crippen LogP contribution is 2.28. The van der Waals surface area contributed by atoms with Gasteiger partial charge in [0.2, 0.25) is 0 Å². The molecular formula is C11H13N3O4S2. The van der Waals surface area contributed by atoms with Gasteiger partial charge in [0.1, 0.15) is 0 Å². The summed E-state index contributed by atoms with van der Waals surface area (Å²) < 4.78 is 24.6. The number of aromatic carboxylic acids is 1. The molecule has 0 bridgehead atoms. The van der Waals surface area contributed by atoms with E-state index < -0.39 is 15.8 Å². The van der Waals surface area contributed by atoms with E-state index in [1.54, 1.807) is 23.5 Å². The van der Waals surface area contributed by atoms with Crippen molar-refractivity contribution < 1.29 is 18.3 Å². The molecule has 0 aromatic carbocycles. The Labute approximate surface area is 119 Å². The fourth-order valence-electron chi connectivity index (χ4n) is 2.47. The number of carboxylic acids is 1. The third-order valence-corrected chi connectivity index (χ3v) is 6.04. The highest BCUT2D eigenvalue weighted by molar-refractivity contribution is 7.91. The van der Waals surface area contributed by atoms with Gasteiger partial charge in [0.05, 0.1) is 11.5 Å². The molecule has 0 amide bonds. The number of imidazole rings is 1. The van der Waals surface area contributed by atoms with Gasteiger partial charge in [0.15, 0.2) is 26.3 Å². The summed E-state index contributed by atoms with van der Waals surface area (Å²) in [4.78, 5) is 18.0. The number of nitrogens with zero attached hydrogens (tertiary/aromatic N) is 3. The molecule has 0 aliphatic carbocycles. The van der Waals surface area contributed by atoms with Crippen LogP contribution in [-0.2, 0) is 9.84 Å². The van der Waals surface area contributed by atoms with Gasteiger partial charge in [-0.25, -0.2) is 18.2 Å². The summed E-state index contributed by atoms with van der Waals surface area (Å²) in [5.41, 5.74) is 0.0769. The Balaban J connectivity index is 2.03. The molecule has 20 heavy (non-hydrogen) atoms. The molecule has 3 heterocycles. The van der Waals surface area contributed by atoms with Gasteiger partial charge < -0.3 is 10.0 Å². The highest BCUT2D eigenvalue weighted by Gasteiger charge is 2.34. The van der Waals surface area contributed by atoms with Crippen LogP contribution in [0, 0.1) is 0 Å². The summed E-state index contributed by atoms with van der Waals surface area (Å²) in [6.45, 7) is 0. The van der Waals surface area contributed by atoms with E-state index in [1.165, 1.54) is 15.7 Å². The van der Waals surface area contributed by atoms with Crippen molar-refractivity contribution in [2.24, 2.45) is 0 Å². The number of thiazole rings is 1. The molecule has 0 saturated carbocycles. The van der Waals surface area contributed by atoms with Crippen molar-refractivity contribution in [3.8, 4) is 0 Å². The summed E-state index contributed by atoms with van der Waals surface area (Å²) in [5.74, 6) is -0.551. The molecule has 0 spiro atoms. The second-order valence-electron chi connectivity index (χ2n) is 4.81. The molecule has 0 radical (unpaired) electrons. The van der Waals surface area contributed by atoms with E-state index in [4.69, 9.17) is 0 Å². The lowest BCUT2D eigenvalue weighted by Crippen LogP contribution is -2.34. The van der Waals surface area contributed by atoms with Crippen molar-refractivity contribution in [2.75, 3.05) is 23.5 Å². The fourth-order valence-corrected chi connectivity index (χ4v) is 4.96. The zero-order chi connectivity index (χ0) is 14.5. The third kappa shape index (κ3) is 2.06. The number of anilines is 1. The minimum atomic E-state index is -3.02. The van der Waals surface area contributed by atoms with E-state index >= 15 is 0 Å². The molecule has 7 nitrogen and oxygen atoms in total. The van der Waals surface area contributed by atoms with Crippen LogP contribution in [0.25, 0.3) is 4.96 Å². The van der Waals surface area contributed by atoms with Gasteiger partial charge in [-0.05, 0) is 6.42 Å². The Morgan fingerprint density at radius 1 is 1.60 bits per heavy atom. The first-order valence-corrected chi connectivity index (χ1v) is 8.71. The molecule has 1 N–H and O–H groups in total. The summed E-state index contributed by atoms with van der Waals surface area (Å²) in [5, 5.41) is 11.1. The van der Waals surface area contributed by atoms with Crippen molar-refractivity contribution in [2.45, 2.75) is 12.5 Å².